The van der Waals surface area contributed by atoms with E-state index in [1.807, 2.05) is 18.2 Å². The maximum absolute atomic E-state index is 11.3. The van der Waals surface area contributed by atoms with Crippen LogP contribution in [0.15, 0.2) is 42.6 Å². The number of hydrogen-bond acceptors (Lipinski definition) is 4. The quantitative estimate of drug-likeness (QED) is 0.698. The molecule has 104 valence electrons. The monoisotopic (exact) mass is 270 g/mol. The van der Waals surface area contributed by atoms with Gasteiger partial charge in [-0.25, -0.2) is 4.98 Å². The summed E-state index contributed by atoms with van der Waals surface area (Å²) in [5.74, 6) is -0.0462. The van der Waals surface area contributed by atoms with Gasteiger partial charge in [0, 0.05) is 6.54 Å². The molecule has 1 amide bonds. The molecule has 0 bridgehead atoms. The third-order valence-corrected chi connectivity index (χ3v) is 2.95. The standard InChI is InChI=1S/C15H18N4O/c16-12-9-13(14(17)20)15(19-10-12)18-8-4-7-11-5-2-1-3-6-11/h1-3,5-6,9-10H,4,7-8,16H2,(H2,17,20)(H,18,19). The van der Waals surface area contributed by atoms with Crippen LogP contribution in [0.3, 0.4) is 0 Å². The molecule has 20 heavy (non-hydrogen) atoms. The Morgan fingerprint density at radius 1 is 1.25 bits per heavy atom. The lowest BCUT2D eigenvalue weighted by molar-refractivity contribution is 0.100. The number of pyridine rings is 1. The van der Waals surface area contributed by atoms with Gasteiger partial charge in [0.1, 0.15) is 5.82 Å². The fraction of sp³-hybridized carbons (Fsp3) is 0.200. The van der Waals surface area contributed by atoms with E-state index in [-0.39, 0.29) is 0 Å². The SMILES string of the molecule is NC(=O)c1cc(N)cnc1NCCCc1ccccc1. The lowest BCUT2D eigenvalue weighted by Crippen LogP contribution is -2.16. The van der Waals surface area contributed by atoms with Crippen LogP contribution in [0.2, 0.25) is 0 Å². The van der Waals surface area contributed by atoms with Crippen LogP contribution in [0.5, 0.6) is 0 Å². The molecule has 0 aliphatic carbocycles. The number of nitrogen functional groups attached to an aromatic ring is 1. The minimum absolute atomic E-state index is 0.324. The molecular weight excluding hydrogens is 252 g/mol. The van der Waals surface area contributed by atoms with Crippen molar-refractivity contribution in [3.63, 3.8) is 0 Å². The summed E-state index contributed by atoms with van der Waals surface area (Å²) in [5.41, 5.74) is 12.9. The first-order valence-corrected chi connectivity index (χ1v) is 6.50. The Hall–Kier alpha value is -2.56. The molecule has 0 saturated carbocycles. The number of amides is 1. The summed E-state index contributed by atoms with van der Waals surface area (Å²) in [5, 5.41) is 3.12. The molecule has 2 rings (SSSR count). The van der Waals surface area contributed by atoms with E-state index in [1.54, 1.807) is 0 Å². The number of nitrogens with one attached hydrogen (secondary N) is 1. The van der Waals surface area contributed by atoms with E-state index in [2.05, 4.69) is 22.4 Å². The number of anilines is 2. The van der Waals surface area contributed by atoms with Crippen LogP contribution in [0.4, 0.5) is 11.5 Å². The molecule has 5 N–H and O–H groups in total. The van der Waals surface area contributed by atoms with Gasteiger partial charge in [0.05, 0.1) is 17.4 Å². The second-order valence-electron chi connectivity index (χ2n) is 4.54. The number of primary amides is 1. The van der Waals surface area contributed by atoms with Crippen LogP contribution >= 0.6 is 0 Å². The van der Waals surface area contributed by atoms with E-state index < -0.39 is 5.91 Å². The second kappa shape index (κ2) is 6.56. The molecule has 0 aliphatic rings. The number of carbonyl (C=O) groups is 1. The highest BCUT2D eigenvalue weighted by atomic mass is 16.1. The van der Waals surface area contributed by atoms with E-state index in [4.69, 9.17) is 11.5 Å². The van der Waals surface area contributed by atoms with Gasteiger partial charge in [-0.3, -0.25) is 4.79 Å². The largest absolute Gasteiger partial charge is 0.397 e. The molecule has 0 atom stereocenters. The first-order valence-electron chi connectivity index (χ1n) is 6.50. The summed E-state index contributed by atoms with van der Waals surface area (Å²) in [6, 6.07) is 11.8. The molecule has 1 aromatic carbocycles. The first-order chi connectivity index (χ1) is 9.66. The number of aromatic nitrogens is 1. The van der Waals surface area contributed by atoms with Gasteiger partial charge in [-0.1, -0.05) is 30.3 Å². The highest BCUT2D eigenvalue weighted by Gasteiger charge is 2.09. The van der Waals surface area contributed by atoms with Gasteiger partial charge in [0.15, 0.2) is 0 Å². The molecule has 1 aromatic heterocycles. The van der Waals surface area contributed by atoms with Crippen molar-refractivity contribution in [2.45, 2.75) is 12.8 Å². The van der Waals surface area contributed by atoms with Crippen molar-refractivity contribution in [1.29, 1.82) is 0 Å². The Morgan fingerprint density at radius 3 is 2.70 bits per heavy atom. The minimum atomic E-state index is -0.532. The van der Waals surface area contributed by atoms with Gasteiger partial charge in [0.2, 0.25) is 0 Å². The van der Waals surface area contributed by atoms with Crippen LogP contribution in [0, 0.1) is 0 Å². The van der Waals surface area contributed by atoms with Gasteiger partial charge in [0.25, 0.3) is 5.91 Å². The van der Waals surface area contributed by atoms with Crippen LogP contribution < -0.4 is 16.8 Å². The van der Waals surface area contributed by atoms with Crippen molar-refractivity contribution in [2.75, 3.05) is 17.6 Å². The smallest absolute Gasteiger partial charge is 0.252 e. The topological polar surface area (TPSA) is 94.0 Å². The lowest BCUT2D eigenvalue weighted by Gasteiger charge is -2.09. The van der Waals surface area contributed by atoms with E-state index in [0.717, 1.165) is 12.8 Å². The second-order valence-corrected chi connectivity index (χ2v) is 4.54. The average Bonchev–Trinajstić information content (AvgIpc) is 2.45. The van der Waals surface area contributed by atoms with E-state index >= 15 is 0 Å². The molecule has 0 saturated heterocycles. The first kappa shape index (κ1) is 13.9. The van der Waals surface area contributed by atoms with Crippen LogP contribution in [-0.2, 0) is 6.42 Å². The zero-order valence-electron chi connectivity index (χ0n) is 11.2. The maximum atomic E-state index is 11.3. The number of aryl methyl sites for hydroxylation is 1. The summed E-state index contributed by atoms with van der Waals surface area (Å²) in [7, 11) is 0. The van der Waals surface area contributed by atoms with E-state index in [9.17, 15) is 4.79 Å². The van der Waals surface area contributed by atoms with Gasteiger partial charge in [-0.15, -0.1) is 0 Å². The molecule has 1 heterocycles. The maximum Gasteiger partial charge on any atom is 0.252 e. The van der Waals surface area contributed by atoms with Gasteiger partial charge in [-0.2, -0.15) is 0 Å². The molecule has 0 aliphatic heterocycles. The van der Waals surface area contributed by atoms with Crippen LogP contribution in [0.25, 0.3) is 0 Å². The Bertz CT molecular complexity index is 584. The van der Waals surface area contributed by atoms with Gasteiger partial charge >= 0.3 is 0 Å². The minimum Gasteiger partial charge on any atom is -0.397 e. The molecule has 0 spiro atoms. The van der Waals surface area contributed by atoms with Crippen molar-refractivity contribution in [3.05, 3.63) is 53.7 Å². The van der Waals surface area contributed by atoms with Crippen molar-refractivity contribution < 1.29 is 4.79 Å². The van der Waals surface area contributed by atoms with Gasteiger partial charge in [-0.05, 0) is 24.5 Å². The Kier molecular flexibility index (Phi) is 4.55. The van der Waals surface area contributed by atoms with Crippen molar-refractivity contribution >= 4 is 17.4 Å². The Balaban J connectivity index is 1.90. The highest BCUT2D eigenvalue weighted by molar-refractivity contribution is 5.98. The predicted molar refractivity (Wildman–Crippen MR) is 80.4 cm³/mol. The number of nitrogens with two attached hydrogens (primary N) is 2. The normalized spacial score (nSPS) is 10.2. The molecule has 0 unspecified atom stereocenters. The van der Waals surface area contributed by atoms with Crippen molar-refractivity contribution in [3.8, 4) is 0 Å². The van der Waals surface area contributed by atoms with Gasteiger partial charge < -0.3 is 16.8 Å². The molecule has 2 aromatic rings. The summed E-state index contributed by atoms with van der Waals surface area (Å²) in [6.45, 7) is 0.714. The fourth-order valence-electron chi connectivity index (χ4n) is 1.95. The number of nitrogens with zero attached hydrogens (tertiary/aromatic N) is 1. The highest BCUT2D eigenvalue weighted by Crippen LogP contribution is 2.15. The molecule has 0 fully saturated rings. The Morgan fingerprint density at radius 2 is 2.00 bits per heavy atom. The molecule has 5 nitrogen and oxygen atoms in total. The van der Waals surface area contributed by atoms with E-state index in [1.165, 1.54) is 17.8 Å². The lowest BCUT2D eigenvalue weighted by atomic mass is 10.1. The van der Waals surface area contributed by atoms with Crippen LogP contribution in [-0.4, -0.2) is 17.4 Å². The molecular formula is C15H18N4O. The number of benzene rings is 1. The summed E-state index contributed by atoms with van der Waals surface area (Å²) in [4.78, 5) is 15.4. The summed E-state index contributed by atoms with van der Waals surface area (Å²) >= 11 is 0. The zero-order chi connectivity index (χ0) is 14.4. The summed E-state index contributed by atoms with van der Waals surface area (Å²) < 4.78 is 0. The number of hydrogen-bond donors (Lipinski definition) is 3. The predicted octanol–water partition coefficient (Wildman–Crippen LogP) is 1.81. The fourth-order valence-corrected chi connectivity index (χ4v) is 1.95. The Labute approximate surface area is 118 Å². The van der Waals surface area contributed by atoms with Crippen molar-refractivity contribution in [2.24, 2.45) is 5.73 Å². The third kappa shape index (κ3) is 3.71. The van der Waals surface area contributed by atoms with Crippen molar-refractivity contribution in [1.82, 2.24) is 4.98 Å². The number of carbonyl (C=O) groups excluding carboxylic acids is 1. The molecule has 0 radical (unpaired) electrons. The molecule has 5 heteroatoms. The third-order valence-electron chi connectivity index (χ3n) is 2.95. The summed E-state index contributed by atoms with van der Waals surface area (Å²) in [6.07, 6.45) is 3.41. The number of rotatable bonds is 6. The zero-order valence-corrected chi connectivity index (χ0v) is 11.2. The van der Waals surface area contributed by atoms with E-state index in [0.29, 0.717) is 23.6 Å². The van der Waals surface area contributed by atoms with Crippen LogP contribution in [0.1, 0.15) is 22.3 Å². The average molecular weight is 270 g/mol.